The van der Waals surface area contributed by atoms with Gasteiger partial charge in [-0.15, -0.1) is 0 Å². The van der Waals surface area contributed by atoms with Gasteiger partial charge in [0.1, 0.15) is 5.82 Å². The molecule has 2 rings (SSSR count). The molecule has 2 unspecified atom stereocenters. The van der Waals surface area contributed by atoms with Crippen LogP contribution in [-0.4, -0.2) is 24.0 Å². The fourth-order valence-corrected chi connectivity index (χ4v) is 2.91. The van der Waals surface area contributed by atoms with E-state index in [1.807, 2.05) is 13.8 Å². The Morgan fingerprint density at radius 1 is 1.21 bits per heavy atom. The van der Waals surface area contributed by atoms with Gasteiger partial charge in [-0.25, -0.2) is 13.2 Å². The van der Waals surface area contributed by atoms with Crippen molar-refractivity contribution in [3.05, 3.63) is 35.1 Å². The number of rotatable bonds is 3. The highest BCUT2D eigenvalue weighted by Gasteiger charge is 2.37. The Hall–Kier alpha value is -1.07. The fraction of sp³-hybridized carbons (Fsp3) is 0.571. The maximum atomic E-state index is 14.0. The molecule has 106 valence electrons. The lowest BCUT2D eigenvalue weighted by Crippen LogP contribution is -2.34. The van der Waals surface area contributed by atoms with Crippen molar-refractivity contribution < 1.29 is 13.2 Å². The van der Waals surface area contributed by atoms with E-state index in [9.17, 15) is 13.2 Å². The van der Waals surface area contributed by atoms with Crippen molar-refractivity contribution in [2.45, 2.75) is 32.4 Å². The Bertz CT molecular complexity index is 462. The number of hydrogen-bond donors (Lipinski definition) is 1. The molecule has 1 aliphatic rings. The van der Waals surface area contributed by atoms with Gasteiger partial charge in [0.15, 0.2) is 11.6 Å². The second kappa shape index (κ2) is 5.51. The van der Waals surface area contributed by atoms with Gasteiger partial charge in [0.2, 0.25) is 0 Å². The van der Waals surface area contributed by atoms with E-state index in [4.69, 9.17) is 5.73 Å². The minimum atomic E-state index is -1.15. The van der Waals surface area contributed by atoms with Gasteiger partial charge >= 0.3 is 0 Å². The van der Waals surface area contributed by atoms with E-state index in [0.717, 1.165) is 19.0 Å². The summed E-state index contributed by atoms with van der Waals surface area (Å²) in [5, 5.41) is 0. The number of likely N-dealkylation sites (tertiary alicyclic amines) is 1. The van der Waals surface area contributed by atoms with Crippen molar-refractivity contribution in [3.63, 3.8) is 0 Å². The second-order valence-corrected chi connectivity index (χ2v) is 5.35. The Kier molecular flexibility index (Phi) is 4.16. The van der Waals surface area contributed by atoms with Gasteiger partial charge in [-0.2, -0.15) is 0 Å². The summed E-state index contributed by atoms with van der Waals surface area (Å²) < 4.78 is 40.4. The normalized spacial score (nSPS) is 24.4. The van der Waals surface area contributed by atoms with Gasteiger partial charge in [-0.05, 0) is 45.3 Å². The summed E-state index contributed by atoms with van der Waals surface area (Å²) in [4.78, 5) is 2.09. The third-order valence-corrected chi connectivity index (χ3v) is 3.89. The highest BCUT2D eigenvalue weighted by Crippen LogP contribution is 2.39. The van der Waals surface area contributed by atoms with E-state index in [0.29, 0.717) is 12.6 Å². The standard InChI is InChI=1S/C14H19F3N2/c1-8(2)19-4-3-9(7-18)14(19)10-5-12(16)13(17)6-11(10)15/h5-6,8-9,14H,3-4,7,18H2,1-2H3. The van der Waals surface area contributed by atoms with Crippen molar-refractivity contribution >= 4 is 0 Å². The van der Waals surface area contributed by atoms with Gasteiger partial charge in [-0.1, -0.05) is 0 Å². The third kappa shape index (κ3) is 2.62. The number of nitrogens with zero attached hydrogens (tertiary/aromatic N) is 1. The Labute approximate surface area is 111 Å². The van der Waals surface area contributed by atoms with Crippen molar-refractivity contribution in [1.82, 2.24) is 4.90 Å². The van der Waals surface area contributed by atoms with Crippen LogP contribution in [0.2, 0.25) is 0 Å². The SMILES string of the molecule is CC(C)N1CCC(CN)C1c1cc(F)c(F)cc1F. The molecule has 0 saturated carbocycles. The summed E-state index contributed by atoms with van der Waals surface area (Å²) in [5.41, 5.74) is 5.93. The highest BCUT2D eigenvalue weighted by molar-refractivity contribution is 5.25. The predicted octanol–water partition coefficient (Wildman–Crippen LogP) is 2.83. The molecule has 1 aromatic carbocycles. The van der Waals surface area contributed by atoms with Gasteiger partial charge in [0.05, 0.1) is 0 Å². The molecule has 0 spiro atoms. The summed E-state index contributed by atoms with van der Waals surface area (Å²) in [7, 11) is 0. The first kappa shape index (κ1) is 14.3. The molecule has 2 nitrogen and oxygen atoms in total. The Morgan fingerprint density at radius 2 is 1.84 bits per heavy atom. The zero-order chi connectivity index (χ0) is 14.2. The van der Waals surface area contributed by atoms with E-state index < -0.39 is 17.5 Å². The lowest BCUT2D eigenvalue weighted by Gasteiger charge is -2.31. The van der Waals surface area contributed by atoms with Crippen LogP contribution in [0.5, 0.6) is 0 Å². The van der Waals surface area contributed by atoms with Crippen molar-refractivity contribution in [2.24, 2.45) is 11.7 Å². The van der Waals surface area contributed by atoms with Crippen LogP contribution >= 0.6 is 0 Å². The minimum Gasteiger partial charge on any atom is -0.330 e. The molecule has 1 aliphatic heterocycles. The summed E-state index contributed by atoms with van der Waals surface area (Å²) in [6.07, 6.45) is 0.845. The first-order valence-electron chi connectivity index (χ1n) is 6.56. The Morgan fingerprint density at radius 3 is 2.42 bits per heavy atom. The monoisotopic (exact) mass is 272 g/mol. The molecule has 0 amide bonds. The number of nitrogens with two attached hydrogens (primary N) is 1. The molecular formula is C14H19F3N2. The second-order valence-electron chi connectivity index (χ2n) is 5.35. The number of benzene rings is 1. The number of halogens is 3. The summed E-state index contributed by atoms with van der Waals surface area (Å²) >= 11 is 0. The summed E-state index contributed by atoms with van der Waals surface area (Å²) in [5.74, 6) is -2.79. The van der Waals surface area contributed by atoms with Crippen LogP contribution in [0.3, 0.4) is 0 Å². The van der Waals surface area contributed by atoms with Gasteiger partial charge in [0, 0.05) is 23.7 Å². The van der Waals surface area contributed by atoms with Crippen LogP contribution in [0.1, 0.15) is 31.9 Å². The molecule has 1 saturated heterocycles. The zero-order valence-electron chi connectivity index (χ0n) is 11.2. The van der Waals surface area contributed by atoms with Crippen molar-refractivity contribution in [3.8, 4) is 0 Å². The van der Waals surface area contributed by atoms with Crippen LogP contribution in [0.4, 0.5) is 13.2 Å². The number of hydrogen-bond acceptors (Lipinski definition) is 2. The Balaban J connectivity index is 2.44. The lowest BCUT2D eigenvalue weighted by atomic mass is 9.92. The molecule has 1 aromatic rings. The van der Waals surface area contributed by atoms with E-state index in [-0.39, 0.29) is 23.6 Å². The molecule has 0 bridgehead atoms. The molecule has 1 fully saturated rings. The first-order valence-corrected chi connectivity index (χ1v) is 6.56. The molecule has 19 heavy (non-hydrogen) atoms. The van der Waals surface area contributed by atoms with Gasteiger partial charge < -0.3 is 5.73 Å². The first-order chi connectivity index (χ1) is 8.95. The molecule has 0 radical (unpaired) electrons. The highest BCUT2D eigenvalue weighted by atomic mass is 19.2. The quantitative estimate of drug-likeness (QED) is 0.857. The van der Waals surface area contributed by atoms with Crippen LogP contribution in [-0.2, 0) is 0 Å². The van der Waals surface area contributed by atoms with Crippen LogP contribution in [0.25, 0.3) is 0 Å². The summed E-state index contributed by atoms with van der Waals surface area (Å²) in [6.45, 7) is 5.21. The molecule has 0 aromatic heterocycles. The van der Waals surface area contributed by atoms with Gasteiger partial charge in [0.25, 0.3) is 0 Å². The smallest absolute Gasteiger partial charge is 0.161 e. The average molecular weight is 272 g/mol. The molecule has 0 aliphatic carbocycles. The van der Waals surface area contributed by atoms with Crippen LogP contribution in [0.15, 0.2) is 12.1 Å². The van der Waals surface area contributed by atoms with E-state index in [2.05, 4.69) is 4.90 Å². The van der Waals surface area contributed by atoms with E-state index >= 15 is 0 Å². The topological polar surface area (TPSA) is 29.3 Å². The lowest BCUT2D eigenvalue weighted by molar-refractivity contribution is 0.180. The van der Waals surface area contributed by atoms with E-state index in [1.54, 1.807) is 0 Å². The maximum absolute atomic E-state index is 14.0. The molecule has 1 heterocycles. The van der Waals surface area contributed by atoms with E-state index in [1.165, 1.54) is 0 Å². The van der Waals surface area contributed by atoms with Gasteiger partial charge in [-0.3, -0.25) is 4.90 Å². The molecule has 2 atom stereocenters. The third-order valence-electron chi connectivity index (χ3n) is 3.89. The van der Waals surface area contributed by atoms with Crippen molar-refractivity contribution in [2.75, 3.05) is 13.1 Å². The van der Waals surface area contributed by atoms with Crippen LogP contribution in [0, 0.1) is 23.4 Å². The molecular weight excluding hydrogens is 253 g/mol. The largest absolute Gasteiger partial charge is 0.330 e. The van der Waals surface area contributed by atoms with Crippen LogP contribution < -0.4 is 5.73 Å². The summed E-state index contributed by atoms with van der Waals surface area (Å²) in [6, 6.07) is 1.52. The predicted molar refractivity (Wildman–Crippen MR) is 68.1 cm³/mol. The molecule has 2 N–H and O–H groups in total. The fourth-order valence-electron chi connectivity index (χ4n) is 2.91. The average Bonchev–Trinajstić information content (AvgIpc) is 2.77. The van der Waals surface area contributed by atoms with Crippen molar-refractivity contribution in [1.29, 1.82) is 0 Å². The maximum Gasteiger partial charge on any atom is 0.161 e. The molecule has 5 heteroatoms. The zero-order valence-corrected chi connectivity index (χ0v) is 11.2. The minimum absolute atomic E-state index is 0.0711.